The molecule has 0 bridgehead atoms. The number of imidazole rings is 2. The molecule has 2 heterocycles. The minimum absolute atomic E-state index is 0.0201. The van der Waals surface area contributed by atoms with Crippen LogP contribution in [0.15, 0.2) is 49.1 Å². The van der Waals surface area contributed by atoms with Crippen molar-refractivity contribution in [3.05, 3.63) is 69.3 Å². The van der Waals surface area contributed by atoms with Crippen LogP contribution in [0.3, 0.4) is 0 Å². The van der Waals surface area contributed by atoms with Gasteiger partial charge in [-0.3, -0.25) is 20.2 Å². The maximum Gasteiger partial charge on any atom is 0.271 e. The summed E-state index contributed by atoms with van der Waals surface area (Å²) in [6.45, 7) is 1.36. The summed E-state index contributed by atoms with van der Waals surface area (Å²) in [7, 11) is 0. The number of benzene rings is 2. The lowest BCUT2D eigenvalue weighted by atomic mass is 10.2. The summed E-state index contributed by atoms with van der Waals surface area (Å²) in [6.07, 6.45) is 4.12. The molecule has 2 aromatic carbocycles. The fraction of sp³-hybridized carbons (Fsp3) is 0.176. The van der Waals surface area contributed by atoms with E-state index in [1.54, 1.807) is 24.8 Å². The minimum Gasteiger partial charge on any atom is -0.331 e. The predicted molar refractivity (Wildman–Crippen MR) is 97.4 cm³/mol. The van der Waals surface area contributed by atoms with E-state index >= 15 is 0 Å². The van der Waals surface area contributed by atoms with E-state index in [-0.39, 0.29) is 11.4 Å². The SMILES string of the molecule is O=[N+]([O-])c1ccc2c(c1)ncn2CCCn1cnc2cc([N+](=O)[O-])ccc21. The molecule has 0 N–H and O–H groups in total. The van der Waals surface area contributed by atoms with Crippen molar-refractivity contribution in [1.29, 1.82) is 0 Å². The Labute approximate surface area is 152 Å². The number of non-ortho nitro benzene ring substituents is 2. The van der Waals surface area contributed by atoms with Gasteiger partial charge in [-0.2, -0.15) is 0 Å². The number of nitrogens with zero attached hydrogens (tertiary/aromatic N) is 6. The average molecular weight is 366 g/mol. The molecule has 0 amide bonds. The zero-order valence-electron chi connectivity index (χ0n) is 14.1. The Kier molecular flexibility index (Phi) is 3.99. The van der Waals surface area contributed by atoms with E-state index in [0.717, 1.165) is 17.5 Å². The monoisotopic (exact) mass is 366 g/mol. The smallest absolute Gasteiger partial charge is 0.271 e. The Morgan fingerprint density at radius 2 is 1.22 bits per heavy atom. The molecular formula is C17H14N6O4. The highest BCUT2D eigenvalue weighted by atomic mass is 16.6. The maximum atomic E-state index is 10.8. The van der Waals surface area contributed by atoms with Crippen LogP contribution in [0.5, 0.6) is 0 Å². The van der Waals surface area contributed by atoms with Gasteiger partial charge in [-0.05, 0) is 18.6 Å². The Balaban J connectivity index is 1.48. The van der Waals surface area contributed by atoms with Crippen LogP contribution < -0.4 is 0 Å². The van der Waals surface area contributed by atoms with Crippen molar-refractivity contribution < 1.29 is 9.85 Å². The number of hydrogen-bond acceptors (Lipinski definition) is 6. The molecule has 10 nitrogen and oxygen atoms in total. The van der Waals surface area contributed by atoms with Crippen molar-refractivity contribution in [3.63, 3.8) is 0 Å². The third-order valence-electron chi connectivity index (χ3n) is 4.43. The molecule has 0 unspecified atom stereocenters. The second-order valence-corrected chi connectivity index (χ2v) is 6.09. The van der Waals surface area contributed by atoms with Gasteiger partial charge in [-0.1, -0.05) is 0 Å². The Morgan fingerprint density at radius 3 is 1.63 bits per heavy atom. The second kappa shape index (κ2) is 6.48. The molecule has 136 valence electrons. The number of nitro groups is 2. The number of rotatable bonds is 6. The fourth-order valence-electron chi connectivity index (χ4n) is 3.10. The standard InChI is InChI=1S/C17H14N6O4/c24-22(25)12-2-4-16-14(8-12)18-10-20(16)6-1-7-21-11-19-15-9-13(23(26)27)3-5-17(15)21/h2-5,8-11H,1,6-7H2. The lowest BCUT2D eigenvalue weighted by Crippen LogP contribution is -2.02. The molecule has 0 saturated carbocycles. The molecule has 4 rings (SSSR count). The van der Waals surface area contributed by atoms with Crippen molar-refractivity contribution in [2.45, 2.75) is 19.5 Å². The first-order chi connectivity index (χ1) is 13.0. The molecule has 4 aromatic rings. The number of hydrogen-bond donors (Lipinski definition) is 0. The van der Waals surface area contributed by atoms with Crippen LogP contribution >= 0.6 is 0 Å². The van der Waals surface area contributed by atoms with E-state index in [0.29, 0.717) is 24.1 Å². The lowest BCUT2D eigenvalue weighted by Gasteiger charge is -2.06. The predicted octanol–water partition coefficient (Wildman–Crippen LogP) is 3.29. The van der Waals surface area contributed by atoms with Gasteiger partial charge in [0.05, 0.1) is 44.6 Å². The third-order valence-corrected chi connectivity index (χ3v) is 4.43. The zero-order valence-corrected chi connectivity index (χ0v) is 14.1. The largest absolute Gasteiger partial charge is 0.331 e. The van der Waals surface area contributed by atoms with Crippen molar-refractivity contribution in [1.82, 2.24) is 19.1 Å². The summed E-state index contributed by atoms with van der Waals surface area (Å²) in [5.74, 6) is 0. The van der Waals surface area contributed by atoms with E-state index in [4.69, 9.17) is 0 Å². The van der Waals surface area contributed by atoms with Crippen LogP contribution in [-0.4, -0.2) is 28.9 Å². The zero-order chi connectivity index (χ0) is 19.0. The number of nitro benzene ring substituents is 2. The topological polar surface area (TPSA) is 122 Å². The lowest BCUT2D eigenvalue weighted by molar-refractivity contribution is -0.384. The van der Waals surface area contributed by atoms with Crippen LogP contribution in [0.1, 0.15) is 6.42 Å². The Morgan fingerprint density at radius 1 is 0.778 bits per heavy atom. The molecule has 0 atom stereocenters. The number of fused-ring (bicyclic) bond motifs is 2. The molecule has 0 spiro atoms. The minimum atomic E-state index is -0.438. The molecular weight excluding hydrogens is 352 g/mol. The summed E-state index contributed by atoms with van der Waals surface area (Å²) in [6, 6.07) is 9.26. The van der Waals surface area contributed by atoms with Gasteiger partial charge in [-0.25, -0.2) is 9.97 Å². The van der Waals surface area contributed by atoms with E-state index in [1.165, 1.54) is 24.3 Å². The first-order valence-electron chi connectivity index (χ1n) is 8.21. The molecule has 2 aromatic heterocycles. The van der Waals surface area contributed by atoms with Gasteiger partial charge in [0.1, 0.15) is 0 Å². The summed E-state index contributed by atoms with van der Waals surface area (Å²) >= 11 is 0. The molecule has 27 heavy (non-hydrogen) atoms. The summed E-state index contributed by atoms with van der Waals surface area (Å²) in [5.41, 5.74) is 2.89. The van der Waals surface area contributed by atoms with Crippen molar-refractivity contribution in [3.8, 4) is 0 Å². The van der Waals surface area contributed by atoms with E-state index in [9.17, 15) is 20.2 Å². The normalized spacial score (nSPS) is 11.3. The first-order valence-corrected chi connectivity index (χ1v) is 8.21. The van der Waals surface area contributed by atoms with Crippen LogP contribution in [0, 0.1) is 20.2 Å². The molecule has 0 saturated heterocycles. The number of aryl methyl sites for hydroxylation is 2. The third kappa shape index (κ3) is 3.08. The van der Waals surface area contributed by atoms with Crippen LogP contribution in [-0.2, 0) is 13.1 Å². The van der Waals surface area contributed by atoms with Crippen molar-refractivity contribution in [2.75, 3.05) is 0 Å². The van der Waals surface area contributed by atoms with Crippen molar-refractivity contribution >= 4 is 33.4 Å². The van der Waals surface area contributed by atoms with Crippen LogP contribution in [0.4, 0.5) is 11.4 Å². The van der Waals surface area contributed by atoms with Crippen molar-refractivity contribution in [2.24, 2.45) is 0 Å². The van der Waals surface area contributed by atoms with E-state index in [2.05, 4.69) is 9.97 Å². The van der Waals surface area contributed by atoms with Gasteiger partial charge in [-0.15, -0.1) is 0 Å². The molecule has 10 heteroatoms. The molecule has 0 radical (unpaired) electrons. The Bertz CT molecular complexity index is 1090. The van der Waals surface area contributed by atoms with Gasteiger partial charge in [0.2, 0.25) is 0 Å². The van der Waals surface area contributed by atoms with Gasteiger partial charge in [0.15, 0.2) is 0 Å². The molecule has 0 fully saturated rings. The van der Waals surface area contributed by atoms with Crippen LogP contribution in [0.2, 0.25) is 0 Å². The maximum absolute atomic E-state index is 10.8. The molecule has 0 aliphatic rings. The second-order valence-electron chi connectivity index (χ2n) is 6.09. The van der Waals surface area contributed by atoms with E-state index < -0.39 is 9.85 Å². The quantitative estimate of drug-likeness (QED) is 0.381. The van der Waals surface area contributed by atoms with E-state index in [1.807, 2.05) is 9.13 Å². The summed E-state index contributed by atoms with van der Waals surface area (Å²) in [5, 5.41) is 21.7. The molecule has 0 aliphatic carbocycles. The number of aromatic nitrogens is 4. The Hall–Kier alpha value is -3.82. The highest BCUT2D eigenvalue weighted by Gasteiger charge is 2.11. The van der Waals surface area contributed by atoms with Gasteiger partial charge < -0.3 is 9.13 Å². The van der Waals surface area contributed by atoms with Gasteiger partial charge in [0.25, 0.3) is 11.4 Å². The molecule has 0 aliphatic heterocycles. The van der Waals surface area contributed by atoms with Crippen LogP contribution in [0.25, 0.3) is 22.1 Å². The summed E-state index contributed by atoms with van der Waals surface area (Å²) < 4.78 is 3.89. The highest BCUT2D eigenvalue weighted by molar-refractivity contribution is 5.78. The fourth-order valence-corrected chi connectivity index (χ4v) is 3.10. The average Bonchev–Trinajstić information content (AvgIpc) is 3.25. The summed E-state index contributed by atoms with van der Waals surface area (Å²) in [4.78, 5) is 29.3. The van der Waals surface area contributed by atoms with Gasteiger partial charge in [0, 0.05) is 37.4 Å². The first kappa shape index (κ1) is 16.6. The highest BCUT2D eigenvalue weighted by Crippen LogP contribution is 2.22. The van der Waals surface area contributed by atoms with Gasteiger partial charge >= 0.3 is 0 Å².